The Morgan fingerprint density at radius 1 is 0.933 bits per heavy atom. The van der Waals surface area contributed by atoms with E-state index in [1.165, 1.54) is 5.56 Å². The number of benzene rings is 2. The summed E-state index contributed by atoms with van der Waals surface area (Å²) >= 11 is 0. The summed E-state index contributed by atoms with van der Waals surface area (Å²) in [4.78, 5) is 17.7. The highest BCUT2D eigenvalue weighted by Gasteiger charge is 2.32. The number of methoxy groups -OCH3 is 3. The zero-order chi connectivity index (χ0) is 21.7. The van der Waals surface area contributed by atoms with Gasteiger partial charge in [0.25, 0.3) is 5.91 Å². The van der Waals surface area contributed by atoms with Crippen molar-refractivity contribution in [2.45, 2.75) is 32.4 Å². The van der Waals surface area contributed by atoms with Crippen LogP contribution in [0.3, 0.4) is 0 Å². The maximum absolute atomic E-state index is 13.3. The SMILES string of the molecule is COc1cc(C(=O)N2CC(C)N(CCc3ccccc3)C(C)C2)cc(OC)c1OC. The van der Waals surface area contributed by atoms with Gasteiger partial charge in [-0.05, 0) is 38.0 Å². The van der Waals surface area contributed by atoms with Crippen LogP contribution in [-0.2, 0) is 6.42 Å². The lowest BCUT2D eigenvalue weighted by Gasteiger charge is -2.44. The quantitative estimate of drug-likeness (QED) is 0.697. The Balaban J connectivity index is 1.71. The number of amides is 1. The van der Waals surface area contributed by atoms with E-state index >= 15 is 0 Å². The van der Waals surface area contributed by atoms with Crippen molar-refractivity contribution in [1.82, 2.24) is 9.80 Å². The molecular formula is C24H32N2O4. The molecule has 1 heterocycles. The summed E-state index contributed by atoms with van der Waals surface area (Å²) in [5.74, 6) is 1.45. The predicted octanol–water partition coefficient (Wildman–Crippen LogP) is 3.49. The molecule has 0 spiro atoms. The van der Waals surface area contributed by atoms with Gasteiger partial charge in [-0.25, -0.2) is 0 Å². The van der Waals surface area contributed by atoms with Crippen molar-refractivity contribution in [3.8, 4) is 17.2 Å². The van der Waals surface area contributed by atoms with Crippen LogP contribution in [0.1, 0.15) is 29.8 Å². The molecule has 1 amide bonds. The van der Waals surface area contributed by atoms with Crippen LogP contribution in [0.25, 0.3) is 0 Å². The van der Waals surface area contributed by atoms with Gasteiger partial charge in [-0.15, -0.1) is 0 Å². The number of carbonyl (C=O) groups is 1. The molecule has 2 atom stereocenters. The standard InChI is InChI=1S/C24H32N2O4/c1-17-15-25(16-18(2)26(17)12-11-19-9-7-6-8-10-19)24(27)20-13-21(28-3)23(30-5)22(14-20)29-4/h6-10,13-14,17-18H,11-12,15-16H2,1-5H3. The minimum absolute atomic E-state index is 0.0179. The monoisotopic (exact) mass is 412 g/mol. The normalized spacial score (nSPS) is 19.4. The second-order valence-electron chi connectivity index (χ2n) is 7.80. The fraction of sp³-hybridized carbons (Fsp3) is 0.458. The molecular weight excluding hydrogens is 380 g/mol. The van der Waals surface area contributed by atoms with Crippen LogP contribution < -0.4 is 14.2 Å². The van der Waals surface area contributed by atoms with E-state index in [0.717, 1.165) is 13.0 Å². The smallest absolute Gasteiger partial charge is 0.254 e. The molecule has 30 heavy (non-hydrogen) atoms. The van der Waals surface area contributed by atoms with E-state index < -0.39 is 0 Å². The highest BCUT2D eigenvalue weighted by molar-refractivity contribution is 5.95. The number of piperazine rings is 1. The van der Waals surface area contributed by atoms with Gasteiger partial charge < -0.3 is 19.1 Å². The molecule has 1 fully saturated rings. The number of hydrogen-bond donors (Lipinski definition) is 0. The minimum Gasteiger partial charge on any atom is -0.493 e. The molecule has 2 aromatic carbocycles. The average molecular weight is 413 g/mol. The van der Waals surface area contributed by atoms with Crippen molar-refractivity contribution in [1.29, 1.82) is 0 Å². The second kappa shape index (κ2) is 9.85. The largest absolute Gasteiger partial charge is 0.493 e. The molecule has 0 radical (unpaired) electrons. The molecule has 0 aliphatic carbocycles. The Morgan fingerprint density at radius 2 is 1.50 bits per heavy atom. The Labute approximate surface area is 179 Å². The van der Waals surface area contributed by atoms with E-state index in [-0.39, 0.29) is 18.0 Å². The van der Waals surface area contributed by atoms with Crippen molar-refractivity contribution in [2.24, 2.45) is 0 Å². The first kappa shape index (κ1) is 22.0. The molecule has 6 nitrogen and oxygen atoms in total. The van der Waals surface area contributed by atoms with E-state index in [0.29, 0.717) is 35.9 Å². The highest BCUT2D eigenvalue weighted by Crippen LogP contribution is 2.38. The summed E-state index contributed by atoms with van der Waals surface area (Å²) < 4.78 is 16.2. The molecule has 2 aromatic rings. The summed E-state index contributed by atoms with van der Waals surface area (Å²) in [5, 5.41) is 0. The molecule has 1 saturated heterocycles. The number of nitrogens with zero attached hydrogens (tertiary/aromatic N) is 2. The first-order valence-electron chi connectivity index (χ1n) is 10.4. The molecule has 162 valence electrons. The molecule has 1 aliphatic rings. The molecule has 0 aromatic heterocycles. The van der Waals surface area contributed by atoms with Crippen LogP contribution in [0.15, 0.2) is 42.5 Å². The fourth-order valence-electron chi connectivity index (χ4n) is 4.25. The minimum atomic E-state index is -0.0179. The number of carbonyl (C=O) groups excluding carboxylic acids is 1. The Kier molecular flexibility index (Phi) is 7.21. The van der Waals surface area contributed by atoms with Crippen LogP contribution in [0.5, 0.6) is 17.2 Å². The van der Waals surface area contributed by atoms with Crippen LogP contribution in [0.2, 0.25) is 0 Å². The van der Waals surface area contributed by atoms with Crippen molar-refractivity contribution in [3.05, 3.63) is 53.6 Å². The van der Waals surface area contributed by atoms with Gasteiger partial charge >= 0.3 is 0 Å². The second-order valence-corrected chi connectivity index (χ2v) is 7.80. The summed E-state index contributed by atoms with van der Waals surface area (Å²) in [6, 6.07) is 14.5. The fourth-order valence-corrected chi connectivity index (χ4v) is 4.25. The van der Waals surface area contributed by atoms with Gasteiger partial charge in [0.05, 0.1) is 21.3 Å². The van der Waals surface area contributed by atoms with Gasteiger partial charge in [-0.1, -0.05) is 30.3 Å². The maximum atomic E-state index is 13.3. The van der Waals surface area contributed by atoms with Gasteiger partial charge in [-0.3, -0.25) is 9.69 Å². The molecule has 2 unspecified atom stereocenters. The number of ether oxygens (including phenoxy) is 3. The molecule has 0 saturated carbocycles. The Morgan fingerprint density at radius 3 is 2.00 bits per heavy atom. The average Bonchev–Trinajstić information content (AvgIpc) is 2.77. The third-order valence-electron chi connectivity index (χ3n) is 5.80. The van der Waals surface area contributed by atoms with Gasteiger partial charge in [0.2, 0.25) is 5.75 Å². The zero-order valence-electron chi connectivity index (χ0n) is 18.6. The van der Waals surface area contributed by atoms with Gasteiger partial charge in [0, 0.05) is 37.3 Å². The van der Waals surface area contributed by atoms with E-state index in [9.17, 15) is 4.79 Å². The number of rotatable bonds is 7. The highest BCUT2D eigenvalue weighted by atomic mass is 16.5. The van der Waals surface area contributed by atoms with Gasteiger partial charge in [-0.2, -0.15) is 0 Å². The lowest BCUT2D eigenvalue weighted by Crippen LogP contribution is -2.58. The Bertz CT molecular complexity index is 819. The predicted molar refractivity (Wildman–Crippen MR) is 118 cm³/mol. The third kappa shape index (κ3) is 4.70. The van der Waals surface area contributed by atoms with Crippen LogP contribution in [0, 0.1) is 0 Å². The Hall–Kier alpha value is -2.73. The van der Waals surface area contributed by atoms with Gasteiger partial charge in [0.1, 0.15) is 0 Å². The van der Waals surface area contributed by atoms with Crippen molar-refractivity contribution >= 4 is 5.91 Å². The van der Waals surface area contributed by atoms with E-state index in [1.807, 2.05) is 11.0 Å². The van der Waals surface area contributed by atoms with Crippen LogP contribution in [0.4, 0.5) is 0 Å². The topological polar surface area (TPSA) is 51.2 Å². The van der Waals surface area contributed by atoms with E-state index in [1.54, 1.807) is 33.5 Å². The molecule has 0 N–H and O–H groups in total. The molecule has 3 rings (SSSR count). The molecule has 1 aliphatic heterocycles. The van der Waals surface area contributed by atoms with Crippen LogP contribution >= 0.6 is 0 Å². The van der Waals surface area contributed by atoms with E-state index in [4.69, 9.17) is 14.2 Å². The lowest BCUT2D eigenvalue weighted by molar-refractivity contribution is 0.0311. The molecule has 6 heteroatoms. The van der Waals surface area contributed by atoms with Crippen molar-refractivity contribution < 1.29 is 19.0 Å². The van der Waals surface area contributed by atoms with Gasteiger partial charge in [0.15, 0.2) is 11.5 Å². The van der Waals surface area contributed by atoms with Crippen molar-refractivity contribution in [3.63, 3.8) is 0 Å². The summed E-state index contributed by atoms with van der Waals surface area (Å²) in [6.07, 6.45) is 1.01. The maximum Gasteiger partial charge on any atom is 0.254 e. The summed E-state index contributed by atoms with van der Waals surface area (Å²) in [6.45, 7) is 6.74. The first-order valence-corrected chi connectivity index (χ1v) is 10.4. The first-order chi connectivity index (χ1) is 14.5. The number of hydrogen-bond acceptors (Lipinski definition) is 5. The van der Waals surface area contributed by atoms with E-state index in [2.05, 4.69) is 43.0 Å². The summed E-state index contributed by atoms with van der Waals surface area (Å²) in [5.41, 5.74) is 1.88. The third-order valence-corrected chi connectivity index (χ3v) is 5.80. The molecule has 0 bridgehead atoms. The summed E-state index contributed by atoms with van der Waals surface area (Å²) in [7, 11) is 4.67. The zero-order valence-corrected chi connectivity index (χ0v) is 18.6. The van der Waals surface area contributed by atoms with Crippen molar-refractivity contribution in [2.75, 3.05) is 41.0 Å². The lowest BCUT2D eigenvalue weighted by atomic mass is 10.0. The van der Waals surface area contributed by atoms with Crippen LogP contribution in [-0.4, -0.2) is 68.8 Å².